The van der Waals surface area contributed by atoms with Gasteiger partial charge in [-0.15, -0.1) is 6.42 Å². The molecule has 1 unspecified atom stereocenters. The third-order valence-corrected chi connectivity index (χ3v) is 7.36. The van der Waals surface area contributed by atoms with Gasteiger partial charge in [0, 0.05) is 78.2 Å². The van der Waals surface area contributed by atoms with Gasteiger partial charge in [-0.25, -0.2) is 6.54 Å². The average Bonchev–Trinajstić information content (AvgIpc) is 3.35. The zero-order chi connectivity index (χ0) is 25.5. The quantitative estimate of drug-likeness (QED) is 0.162. The number of ether oxygens (including phenoxy) is 1. The van der Waals surface area contributed by atoms with Crippen molar-refractivity contribution < 1.29 is 37.4 Å². The summed E-state index contributed by atoms with van der Waals surface area (Å²) in [5.74, 6) is 1.25. The van der Waals surface area contributed by atoms with Crippen LogP contribution in [0.3, 0.4) is 0 Å². The van der Waals surface area contributed by atoms with Crippen LogP contribution in [0.2, 0.25) is 0 Å². The first-order valence-corrected chi connectivity index (χ1v) is 13.0. The Hall–Kier alpha value is -1.85. The fraction of sp³-hybridized carbons (Fsp3) is 0.267. The summed E-state index contributed by atoms with van der Waals surface area (Å²) in [6, 6.07) is 6.44. The molecule has 0 bridgehead atoms. The summed E-state index contributed by atoms with van der Waals surface area (Å²) in [6.45, 7) is 12.7. The van der Waals surface area contributed by atoms with Crippen molar-refractivity contribution >= 4 is 35.0 Å². The Morgan fingerprint density at radius 2 is 2.11 bits per heavy atom. The van der Waals surface area contributed by atoms with Crippen LogP contribution in [0.15, 0.2) is 99.4 Å². The molecule has 1 heterocycles. The summed E-state index contributed by atoms with van der Waals surface area (Å²) >= 11 is 12.7. The van der Waals surface area contributed by atoms with E-state index in [0.717, 1.165) is 71.9 Å². The van der Waals surface area contributed by atoms with Crippen LogP contribution < -0.4 is 15.5 Å². The van der Waals surface area contributed by atoms with Gasteiger partial charge in [0.1, 0.15) is 5.75 Å². The number of benzene rings is 1. The van der Waals surface area contributed by atoms with E-state index >= 15 is 0 Å². The normalized spacial score (nSPS) is 19.3. The van der Waals surface area contributed by atoms with E-state index in [1.807, 2.05) is 18.8 Å². The number of allylic oxidation sites excluding steroid dienone is 8. The van der Waals surface area contributed by atoms with E-state index in [4.69, 9.17) is 27.9 Å². The largest absolute Gasteiger partial charge is 0.535 e. The first-order valence-electron chi connectivity index (χ1n) is 12.2. The molecule has 1 aliphatic heterocycles. The molecule has 7 heteroatoms. The topological polar surface area (TPSA) is 45.7 Å². The molecule has 0 fully saturated rings. The number of rotatable bonds is 10. The van der Waals surface area contributed by atoms with Crippen LogP contribution in [-0.2, 0) is 39.1 Å². The van der Waals surface area contributed by atoms with Crippen molar-refractivity contribution in [1.82, 2.24) is 10.7 Å². The molecule has 37 heavy (non-hydrogen) atoms. The SMILES string of the molecule is C=CN/N=C\C(=C(/C)C1C=CC(C[CH-]NC(=C)C2=C(Cl)CCC=C2Cl)=CC1)c1ccc2c(c1)OCC2.[Y]. The maximum Gasteiger partial charge on any atom is 0.123 e. The summed E-state index contributed by atoms with van der Waals surface area (Å²) in [5, 5.41) is 9.01. The van der Waals surface area contributed by atoms with E-state index in [9.17, 15) is 0 Å². The number of hydrogen-bond donors (Lipinski definition) is 2. The van der Waals surface area contributed by atoms with E-state index in [0.29, 0.717) is 5.03 Å². The van der Waals surface area contributed by atoms with Crippen LogP contribution in [0, 0.1) is 12.5 Å². The molecule has 1 aromatic rings. The standard InChI is InChI=1S/C30H32Cl2N3O.Y/c1-4-34-35-19-26(25-13-12-24-15-17-36-29(24)18-25)20(2)23-10-8-22(9-11-23)14-16-33-21(3)30-27(31)6-5-7-28(30)32;/h4,6,8-10,12-13,16,18-19,23,33-34H,1,3,5,7,11,14-15,17H2,2H3;/q-1;/b26-20-,35-19-;. The molecule has 4 nitrogen and oxygen atoms in total. The molecule has 2 N–H and O–H groups in total. The van der Waals surface area contributed by atoms with E-state index in [1.165, 1.54) is 16.7 Å². The van der Waals surface area contributed by atoms with Gasteiger partial charge in [-0.3, -0.25) is 5.43 Å². The number of hydrogen-bond acceptors (Lipinski definition) is 4. The minimum Gasteiger partial charge on any atom is -0.535 e. The monoisotopic (exact) mass is 609 g/mol. The van der Waals surface area contributed by atoms with Crippen LogP contribution in [0.1, 0.15) is 43.7 Å². The van der Waals surface area contributed by atoms with Gasteiger partial charge in [-0.1, -0.05) is 83.9 Å². The van der Waals surface area contributed by atoms with Crippen molar-refractivity contribution in [2.75, 3.05) is 6.61 Å². The first kappa shape index (κ1) is 29.7. The van der Waals surface area contributed by atoms with E-state index in [-0.39, 0.29) is 38.6 Å². The van der Waals surface area contributed by atoms with Crippen LogP contribution in [0.25, 0.3) is 5.57 Å². The summed E-state index contributed by atoms with van der Waals surface area (Å²) in [4.78, 5) is 0. The van der Waals surface area contributed by atoms with Gasteiger partial charge in [0.2, 0.25) is 0 Å². The van der Waals surface area contributed by atoms with Crippen molar-refractivity contribution in [2.24, 2.45) is 11.0 Å². The minimum absolute atomic E-state index is 0. The number of halogens is 2. The molecule has 3 aliphatic rings. The molecule has 1 atom stereocenters. The van der Waals surface area contributed by atoms with Crippen LogP contribution >= 0.6 is 23.2 Å². The van der Waals surface area contributed by atoms with Crippen molar-refractivity contribution in [1.29, 1.82) is 0 Å². The van der Waals surface area contributed by atoms with Crippen molar-refractivity contribution in [3.63, 3.8) is 0 Å². The summed E-state index contributed by atoms with van der Waals surface area (Å²) in [7, 11) is 0. The maximum atomic E-state index is 6.37. The second-order valence-electron chi connectivity index (χ2n) is 8.99. The van der Waals surface area contributed by atoms with Gasteiger partial charge in [-0.2, -0.15) is 5.10 Å². The minimum atomic E-state index is 0. The van der Waals surface area contributed by atoms with Gasteiger partial charge in [0.05, 0.1) is 12.8 Å². The fourth-order valence-electron chi connectivity index (χ4n) is 4.58. The molecule has 0 spiro atoms. The fourth-order valence-corrected chi connectivity index (χ4v) is 5.29. The Balaban J connectivity index is 0.00000380. The van der Waals surface area contributed by atoms with E-state index in [2.05, 4.69) is 72.4 Å². The summed E-state index contributed by atoms with van der Waals surface area (Å²) < 4.78 is 5.80. The zero-order valence-electron chi connectivity index (χ0n) is 21.2. The molecule has 2 aliphatic carbocycles. The second kappa shape index (κ2) is 14.3. The van der Waals surface area contributed by atoms with Gasteiger partial charge >= 0.3 is 0 Å². The van der Waals surface area contributed by atoms with Gasteiger partial charge in [-0.05, 0) is 43.4 Å². The van der Waals surface area contributed by atoms with Crippen molar-refractivity contribution in [2.45, 2.75) is 39.0 Å². The molecule has 0 saturated carbocycles. The van der Waals surface area contributed by atoms with Gasteiger partial charge < -0.3 is 10.1 Å². The molecule has 0 amide bonds. The smallest absolute Gasteiger partial charge is 0.123 e. The Bertz CT molecular complexity index is 1220. The number of fused-ring (bicyclic) bond motifs is 1. The van der Waals surface area contributed by atoms with Crippen LogP contribution in [0.4, 0.5) is 0 Å². The molecule has 1 aromatic carbocycles. The number of hydrazone groups is 1. The first-order chi connectivity index (χ1) is 17.5. The molecular formula is C30H32Cl2N3OY-. The Labute approximate surface area is 255 Å². The van der Waals surface area contributed by atoms with Crippen LogP contribution in [-0.4, -0.2) is 12.8 Å². The summed E-state index contributed by atoms with van der Waals surface area (Å²) in [5.41, 5.74) is 10.3. The van der Waals surface area contributed by atoms with Crippen LogP contribution in [0.5, 0.6) is 5.75 Å². The molecular weight excluding hydrogens is 578 g/mol. The number of nitrogens with one attached hydrogen (secondary N) is 2. The second-order valence-corrected chi connectivity index (χ2v) is 9.85. The predicted molar refractivity (Wildman–Crippen MR) is 153 cm³/mol. The van der Waals surface area contributed by atoms with Crippen molar-refractivity contribution in [3.8, 4) is 5.75 Å². The Kier molecular flexibility index (Phi) is 11.5. The average molecular weight is 610 g/mol. The van der Waals surface area contributed by atoms with Gasteiger partial charge in [0.25, 0.3) is 0 Å². The predicted octanol–water partition coefficient (Wildman–Crippen LogP) is 7.68. The third kappa shape index (κ3) is 7.60. The third-order valence-electron chi connectivity index (χ3n) is 6.64. The Morgan fingerprint density at radius 1 is 1.27 bits per heavy atom. The summed E-state index contributed by atoms with van der Waals surface area (Å²) in [6.07, 6.45) is 16.5. The van der Waals surface area contributed by atoms with E-state index < -0.39 is 0 Å². The van der Waals surface area contributed by atoms with Crippen molar-refractivity contribution in [3.05, 3.63) is 112 Å². The maximum absolute atomic E-state index is 6.37. The molecule has 0 saturated heterocycles. The van der Waals surface area contributed by atoms with Gasteiger partial charge in [0.15, 0.2) is 0 Å². The molecule has 0 aromatic heterocycles. The molecule has 4 rings (SSSR count). The number of nitrogens with zero attached hydrogens (tertiary/aromatic N) is 1. The molecule has 191 valence electrons. The molecule has 1 radical (unpaired) electrons. The van der Waals surface area contributed by atoms with E-state index in [1.54, 1.807) is 6.20 Å². The zero-order valence-corrected chi connectivity index (χ0v) is 25.5. The Morgan fingerprint density at radius 3 is 2.84 bits per heavy atom.